The van der Waals surface area contributed by atoms with E-state index < -0.39 is 0 Å². The summed E-state index contributed by atoms with van der Waals surface area (Å²) >= 11 is 0. The molecule has 0 amide bonds. The average molecular weight is 246 g/mol. The van der Waals surface area contributed by atoms with Gasteiger partial charge in [0, 0.05) is 26.4 Å². The van der Waals surface area contributed by atoms with Crippen molar-refractivity contribution in [3.05, 3.63) is 0 Å². The summed E-state index contributed by atoms with van der Waals surface area (Å²) in [5, 5.41) is 17.2. The van der Waals surface area contributed by atoms with Crippen LogP contribution in [0.3, 0.4) is 0 Å². The largest absolute Gasteiger partial charge is 0.396 e. The van der Waals surface area contributed by atoms with Crippen molar-refractivity contribution in [3.63, 3.8) is 0 Å². The summed E-state index contributed by atoms with van der Waals surface area (Å²) in [6.45, 7) is 2.42. The topological polar surface area (TPSA) is 49.7 Å². The molecule has 0 rings (SSSR count). The van der Waals surface area contributed by atoms with E-state index in [-0.39, 0.29) is 0 Å². The van der Waals surface area contributed by atoms with Gasteiger partial charge in [0.15, 0.2) is 0 Å². The van der Waals surface area contributed by atoms with E-state index in [2.05, 4.69) is 0 Å². The molecular weight excluding hydrogens is 216 g/mol. The molecule has 0 aliphatic rings. The van der Waals surface area contributed by atoms with Crippen LogP contribution >= 0.6 is 0 Å². The number of unbranched alkanes of at least 4 members (excludes halogenated alkanes) is 8. The molecule has 0 aromatic carbocycles. The number of rotatable bonds is 14. The van der Waals surface area contributed by atoms with Crippen LogP contribution in [0.2, 0.25) is 0 Å². The summed E-state index contributed by atoms with van der Waals surface area (Å²) in [6, 6.07) is 0. The summed E-state index contributed by atoms with van der Waals surface area (Å²) in [4.78, 5) is 0. The molecule has 0 aliphatic carbocycles. The first-order valence-corrected chi connectivity index (χ1v) is 7.21. The molecule has 0 bridgehead atoms. The monoisotopic (exact) mass is 246 g/mol. The number of ether oxygens (including phenoxy) is 1. The minimum atomic E-state index is 0.326. The maximum atomic E-state index is 8.60. The lowest BCUT2D eigenvalue weighted by atomic mass is 10.1. The van der Waals surface area contributed by atoms with Crippen molar-refractivity contribution in [3.8, 4) is 0 Å². The molecule has 0 aromatic heterocycles. The van der Waals surface area contributed by atoms with Crippen molar-refractivity contribution >= 4 is 0 Å². The first-order valence-electron chi connectivity index (χ1n) is 7.21. The van der Waals surface area contributed by atoms with Crippen LogP contribution < -0.4 is 0 Å². The Hall–Kier alpha value is -0.120. The van der Waals surface area contributed by atoms with Crippen LogP contribution in [0, 0.1) is 0 Å². The summed E-state index contributed by atoms with van der Waals surface area (Å²) in [6.07, 6.45) is 11.3. The van der Waals surface area contributed by atoms with Crippen LogP contribution in [0.15, 0.2) is 0 Å². The summed E-state index contributed by atoms with van der Waals surface area (Å²) in [5.41, 5.74) is 0. The maximum Gasteiger partial charge on any atom is 0.0466 e. The van der Waals surface area contributed by atoms with Crippen molar-refractivity contribution in [1.82, 2.24) is 0 Å². The van der Waals surface area contributed by atoms with E-state index in [1.165, 1.54) is 25.7 Å². The van der Waals surface area contributed by atoms with E-state index in [0.29, 0.717) is 13.2 Å². The van der Waals surface area contributed by atoms with Crippen molar-refractivity contribution in [2.24, 2.45) is 0 Å². The zero-order chi connectivity index (χ0) is 12.6. The Morgan fingerprint density at radius 1 is 0.471 bits per heavy atom. The quantitative estimate of drug-likeness (QED) is 0.463. The second kappa shape index (κ2) is 15.9. The third-order valence-corrected chi connectivity index (χ3v) is 2.89. The molecule has 0 heterocycles. The van der Waals surface area contributed by atoms with Crippen LogP contribution in [0.5, 0.6) is 0 Å². The highest BCUT2D eigenvalue weighted by molar-refractivity contribution is 4.45. The van der Waals surface area contributed by atoms with Gasteiger partial charge in [-0.15, -0.1) is 0 Å². The molecule has 104 valence electrons. The van der Waals surface area contributed by atoms with Gasteiger partial charge >= 0.3 is 0 Å². The summed E-state index contributed by atoms with van der Waals surface area (Å²) < 4.78 is 5.55. The molecule has 3 nitrogen and oxygen atoms in total. The Morgan fingerprint density at radius 2 is 0.824 bits per heavy atom. The molecule has 2 N–H and O–H groups in total. The number of hydrogen-bond donors (Lipinski definition) is 2. The molecule has 0 saturated heterocycles. The van der Waals surface area contributed by atoms with Gasteiger partial charge in [-0.3, -0.25) is 0 Å². The Labute approximate surface area is 106 Å². The van der Waals surface area contributed by atoms with Crippen molar-refractivity contribution in [1.29, 1.82) is 0 Å². The number of aliphatic hydroxyl groups is 2. The fourth-order valence-electron chi connectivity index (χ4n) is 1.79. The predicted molar refractivity (Wildman–Crippen MR) is 71.2 cm³/mol. The molecule has 0 fully saturated rings. The second-order valence-corrected chi connectivity index (χ2v) is 4.60. The molecule has 17 heavy (non-hydrogen) atoms. The highest BCUT2D eigenvalue weighted by Gasteiger charge is 1.93. The fraction of sp³-hybridized carbons (Fsp3) is 1.00. The molecular formula is C14H30O3. The summed E-state index contributed by atoms with van der Waals surface area (Å²) in [5.74, 6) is 0. The molecule has 0 atom stereocenters. The molecule has 0 aromatic rings. The smallest absolute Gasteiger partial charge is 0.0466 e. The van der Waals surface area contributed by atoms with Crippen LogP contribution in [0.4, 0.5) is 0 Å². The van der Waals surface area contributed by atoms with E-state index in [9.17, 15) is 0 Å². The number of aliphatic hydroxyl groups excluding tert-OH is 2. The molecule has 0 unspecified atom stereocenters. The normalized spacial score (nSPS) is 10.9. The van der Waals surface area contributed by atoms with Crippen LogP contribution in [-0.4, -0.2) is 36.6 Å². The van der Waals surface area contributed by atoms with Crippen molar-refractivity contribution < 1.29 is 14.9 Å². The second-order valence-electron chi connectivity index (χ2n) is 4.60. The lowest BCUT2D eigenvalue weighted by molar-refractivity contribution is 0.125. The van der Waals surface area contributed by atoms with Crippen molar-refractivity contribution in [2.45, 2.75) is 64.2 Å². The zero-order valence-electron chi connectivity index (χ0n) is 11.2. The van der Waals surface area contributed by atoms with E-state index in [4.69, 9.17) is 14.9 Å². The van der Waals surface area contributed by atoms with Gasteiger partial charge in [-0.1, -0.05) is 38.5 Å². The van der Waals surface area contributed by atoms with E-state index in [0.717, 1.165) is 51.7 Å². The molecule has 0 radical (unpaired) electrons. The van der Waals surface area contributed by atoms with Gasteiger partial charge in [-0.2, -0.15) is 0 Å². The third kappa shape index (κ3) is 15.9. The first kappa shape index (κ1) is 16.9. The van der Waals surface area contributed by atoms with Gasteiger partial charge in [-0.05, 0) is 25.7 Å². The average Bonchev–Trinajstić information content (AvgIpc) is 2.35. The maximum absolute atomic E-state index is 8.60. The fourth-order valence-corrected chi connectivity index (χ4v) is 1.79. The van der Waals surface area contributed by atoms with Crippen LogP contribution in [0.25, 0.3) is 0 Å². The van der Waals surface area contributed by atoms with E-state index in [1.54, 1.807) is 0 Å². The van der Waals surface area contributed by atoms with Gasteiger partial charge in [-0.25, -0.2) is 0 Å². The lowest BCUT2D eigenvalue weighted by Gasteiger charge is -2.04. The lowest BCUT2D eigenvalue weighted by Crippen LogP contribution is -1.97. The van der Waals surface area contributed by atoms with E-state index in [1.807, 2.05) is 0 Å². The standard InChI is InChI=1S/C14H30O3/c15-11-7-3-1-5-9-13-17-14-10-6-2-4-8-12-16/h15-16H,1-14H2. The van der Waals surface area contributed by atoms with Gasteiger partial charge in [0.25, 0.3) is 0 Å². The first-order chi connectivity index (χ1) is 8.41. The van der Waals surface area contributed by atoms with Gasteiger partial charge in [0.2, 0.25) is 0 Å². The van der Waals surface area contributed by atoms with Crippen molar-refractivity contribution in [2.75, 3.05) is 26.4 Å². The third-order valence-electron chi connectivity index (χ3n) is 2.89. The zero-order valence-corrected chi connectivity index (χ0v) is 11.2. The highest BCUT2D eigenvalue weighted by Crippen LogP contribution is 2.04. The van der Waals surface area contributed by atoms with E-state index >= 15 is 0 Å². The SMILES string of the molecule is OCCCCCCCOCCCCCCCO. The minimum Gasteiger partial charge on any atom is -0.396 e. The molecule has 0 aliphatic heterocycles. The number of hydrogen-bond acceptors (Lipinski definition) is 3. The Balaban J connectivity index is 2.85. The highest BCUT2D eigenvalue weighted by atomic mass is 16.5. The summed E-state index contributed by atoms with van der Waals surface area (Å²) in [7, 11) is 0. The Bertz CT molecular complexity index is 115. The van der Waals surface area contributed by atoms with Crippen LogP contribution in [0.1, 0.15) is 64.2 Å². The predicted octanol–water partition coefficient (Wildman–Crippen LogP) is 2.89. The van der Waals surface area contributed by atoms with Crippen LogP contribution in [-0.2, 0) is 4.74 Å². The molecule has 0 saturated carbocycles. The van der Waals surface area contributed by atoms with Gasteiger partial charge in [0.1, 0.15) is 0 Å². The molecule has 0 spiro atoms. The molecule has 3 heteroatoms. The van der Waals surface area contributed by atoms with Gasteiger partial charge in [0.05, 0.1) is 0 Å². The van der Waals surface area contributed by atoms with Gasteiger partial charge < -0.3 is 14.9 Å². The minimum absolute atomic E-state index is 0.326. The Morgan fingerprint density at radius 3 is 1.24 bits per heavy atom. The Kier molecular flexibility index (Phi) is 15.8.